The third-order valence-corrected chi connectivity index (χ3v) is 6.04. The number of rotatable bonds is 15. The minimum absolute atomic E-state index is 0.249. The second-order valence-corrected chi connectivity index (χ2v) is 9.44. The lowest BCUT2D eigenvalue weighted by Gasteiger charge is -2.23. The summed E-state index contributed by atoms with van der Waals surface area (Å²) in [6, 6.07) is 21.1. The summed E-state index contributed by atoms with van der Waals surface area (Å²) in [5, 5.41) is 13.2. The van der Waals surface area contributed by atoms with Crippen LogP contribution in [0.15, 0.2) is 72.8 Å². The molecule has 0 aliphatic heterocycles. The number of carboxylic acid groups (broad SMARTS) is 1. The number of carbonyl (C=O) groups excluding carboxylic acids is 1. The van der Waals surface area contributed by atoms with E-state index in [1.807, 2.05) is 42.5 Å². The van der Waals surface area contributed by atoms with Crippen LogP contribution >= 0.6 is 23.2 Å². The molecule has 2 N–H and O–H groups in total. The van der Waals surface area contributed by atoms with Crippen LogP contribution < -0.4 is 14.8 Å². The number of urea groups is 1. The zero-order valence-corrected chi connectivity index (χ0v) is 23.2. The second kappa shape index (κ2) is 15.8. The molecule has 3 aromatic carbocycles. The quantitative estimate of drug-likeness (QED) is 0.204. The number of carbonyl (C=O) groups is 2. The van der Waals surface area contributed by atoms with Crippen molar-refractivity contribution in [3.05, 3.63) is 88.4 Å². The van der Waals surface area contributed by atoms with Gasteiger partial charge in [-0.15, -0.1) is 0 Å². The van der Waals surface area contributed by atoms with Gasteiger partial charge in [-0.05, 0) is 61.4 Å². The van der Waals surface area contributed by atoms with E-state index in [2.05, 4.69) is 5.32 Å². The molecule has 0 aromatic heterocycles. The van der Waals surface area contributed by atoms with Crippen molar-refractivity contribution in [2.75, 3.05) is 38.2 Å². The van der Waals surface area contributed by atoms with Crippen LogP contribution in [-0.4, -0.2) is 61.0 Å². The fraction of sp³-hybridized carbons (Fsp3) is 0.310. The van der Waals surface area contributed by atoms with Gasteiger partial charge in [0.25, 0.3) is 0 Å². The molecule has 10 heteroatoms. The normalized spacial score (nSPS) is 11.5. The van der Waals surface area contributed by atoms with Gasteiger partial charge in [0.15, 0.2) is 6.10 Å². The molecule has 0 saturated heterocycles. The second-order valence-electron chi connectivity index (χ2n) is 8.57. The summed E-state index contributed by atoms with van der Waals surface area (Å²) in [4.78, 5) is 26.0. The average molecular weight is 575 g/mol. The number of benzene rings is 3. The summed E-state index contributed by atoms with van der Waals surface area (Å²) >= 11 is 12.1. The van der Waals surface area contributed by atoms with E-state index in [0.29, 0.717) is 60.0 Å². The van der Waals surface area contributed by atoms with Crippen molar-refractivity contribution in [1.29, 1.82) is 0 Å². The molecule has 0 aliphatic rings. The lowest BCUT2D eigenvalue weighted by atomic mass is 10.1. The van der Waals surface area contributed by atoms with E-state index in [0.717, 1.165) is 5.56 Å². The van der Waals surface area contributed by atoms with Crippen LogP contribution in [0.1, 0.15) is 18.9 Å². The Balaban J connectivity index is 1.53. The molecule has 3 aromatic rings. The molecule has 0 bridgehead atoms. The van der Waals surface area contributed by atoms with Crippen LogP contribution in [0, 0.1) is 0 Å². The molecular formula is C29H32Cl2N2O6. The van der Waals surface area contributed by atoms with E-state index in [4.69, 9.17) is 37.4 Å². The Labute approximate surface area is 238 Å². The Morgan fingerprint density at radius 3 is 2.21 bits per heavy atom. The highest BCUT2D eigenvalue weighted by atomic mass is 35.5. The van der Waals surface area contributed by atoms with Crippen LogP contribution in [0.3, 0.4) is 0 Å². The van der Waals surface area contributed by atoms with Gasteiger partial charge in [-0.25, -0.2) is 9.59 Å². The number of carboxylic acids is 1. The molecule has 0 aliphatic carbocycles. The number of amides is 2. The Morgan fingerprint density at radius 2 is 1.56 bits per heavy atom. The monoisotopic (exact) mass is 574 g/mol. The van der Waals surface area contributed by atoms with Gasteiger partial charge >= 0.3 is 12.0 Å². The SMILES string of the molecule is CCOC(Cc1ccc(OCCN(CCCOc2cc(Cl)cc(Cl)c2)C(=O)Nc2ccccc2)cc1)C(=O)O. The predicted molar refractivity (Wildman–Crippen MR) is 152 cm³/mol. The fourth-order valence-corrected chi connectivity index (χ4v) is 4.23. The third-order valence-electron chi connectivity index (χ3n) is 5.61. The van der Waals surface area contributed by atoms with Gasteiger partial charge in [0.2, 0.25) is 0 Å². The molecule has 0 heterocycles. The predicted octanol–water partition coefficient (Wildman–Crippen LogP) is 6.41. The van der Waals surface area contributed by atoms with Crippen LogP contribution in [0.2, 0.25) is 10.0 Å². The highest BCUT2D eigenvalue weighted by Crippen LogP contribution is 2.24. The molecule has 208 valence electrons. The minimum Gasteiger partial charge on any atom is -0.493 e. The molecule has 0 radical (unpaired) electrons. The summed E-state index contributed by atoms with van der Waals surface area (Å²) in [5.74, 6) is 0.190. The summed E-state index contributed by atoms with van der Waals surface area (Å²) in [6.45, 7) is 3.50. The Morgan fingerprint density at radius 1 is 0.897 bits per heavy atom. The largest absolute Gasteiger partial charge is 0.493 e. The zero-order chi connectivity index (χ0) is 28.0. The van der Waals surface area contributed by atoms with Gasteiger partial charge in [-0.2, -0.15) is 0 Å². The van der Waals surface area contributed by atoms with Crippen LogP contribution in [0.5, 0.6) is 11.5 Å². The Bertz CT molecular complexity index is 1170. The van der Waals surface area contributed by atoms with Crippen molar-refractivity contribution >= 4 is 40.9 Å². The van der Waals surface area contributed by atoms with Gasteiger partial charge in [0.05, 0.1) is 13.2 Å². The molecule has 0 saturated carbocycles. The van der Waals surface area contributed by atoms with Crippen molar-refractivity contribution in [3.63, 3.8) is 0 Å². The maximum absolute atomic E-state index is 13.0. The molecule has 1 unspecified atom stereocenters. The van der Waals surface area contributed by atoms with Crippen molar-refractivity contribution in [3.8, 4) is 11.5 Å². The van der Waals surface area contributed by atoms with E-state index in [-0.39, 0.29) is 19.1 Å². The maximum Gasteiger partial charge on any atom is 0.333 e. The number of ether oxygens (including phenoxy) is 3. The van der Waals surface area contributed by atoms with E-state index in [1.54, 1.807) is 42.2 Å². The molecule has 0 spiro atoms. The number of hydrogen-bond acceptors (Lipinski definition) is 5. The van der Waals surface area contributed by atoms with Gasteiger partial charge < -0.3 is 29.5 Å². The zero-order valence-electron chi connectivity index (χ0n) is 21.6. The lowest BCUT2D eigenvalue weighted by Crippen LogP contribution is -2.39. The van der Waals surface area contributed by atoms with Crippen LogP contribution in [-0.2, 0) is 16.0 Å². The lowest BCUT2D eigenvalue weighted by molar-refractivity contribution is -0.149. The molecule has 0 fully saturated rings. The maximum atomic E-state index is 13.0. The average Bonchev–Trinajstić information content (AvgIpc) is 2.90. The molecule has 3 rings (SSSR count). The van der Waals surface area contributed by atoms with Gasteiger partial charge in [0.1, 0.15) is 18.1 Å². The number of para-hydroxylation sites is 1. The highest BCUT2D eigenvalue weighted by Gasteiger charge is 2.18. The van der Waals surface area contributed by atoms with Gasteiger partial charge in [0, 0.05) is 35.3 Å². The number of halogens is 2. The number of aliphatic carboxylic acids is 1. The van der Waals surface area contributed by atoms with Crippen molar-refractivity contribution in [1.82, 2.24) is 4.90 Å². The Kier molecular flexibility index (Phi) is 12.2. The molecule has 39 heavy (non-hydrogen) atoms. The Hall–Kier alpha value is -3.46. The van der Waals surface area contributed by atoms with Crippen molar-refractivity contribution in [2.24, 2.45) is 0 Å². The van der Waals surface area contributed by atoms with Crippen molar-refractivity contribution in [2.45, 2.75) is 25.9 Å². The van der Waals surface area contributed by atoms with E-state index in [9.17, 15) is 14.7 Å². The molecule has 2 amide bonds. The first-order chi connectivity index (χ1) is 18.8. The summed E-state index contributed by atoms with van der Waals surface area (Å²) < 4.78 is 16.9. The topological polar surface area (TPSA) is 97.3 Å². The third kappa shape index (κ3) is 10.7. The fourth-order valence-electron chi connectivity index (χ4n) is 3.72. The first kappa shape index (κ1) is 30.1. The smallest absolute Gasteiger partial charge is 0.333 e. The summed E-state index contributed by atoms with van der Waals surface area (Å²) in [6.07, 6.45) is -0.0512. The molecule has 8 nitrogen and oxygen atoms in total. The first-order valence-corrected chi connectivity index (χ1v) is 13.4. The molecule has 1 atom stereocenters. The van der Waals surface area contributed by atoms with Crippen LogP contribution in [0.25, 0.3) is 0 Å². The highest BCUT2D eigenvalue weighted by molar-refractivity contribution is 6.34. The van der Waals surface area contributed by atoms with E-state index < -0.39 is 12.1 Å². The summed E-state index contributed by atoms with van der Waals surface area (Å²) in [7, 11) is 0. The van der Waals surface area contributed by atoms with Gasteiger partial charge in [-0.1, -0.05) is 53.5 Å². The molecular weight excluding hydrogens is 543 g/mol. The van der Waals surface area contributed by atoms with E-state index in [1.165, 1.54) is 0 Å². The number of hydrogen-bond donors (Lipinski definition) is 2. The van der Waals surface area contributed by atoms with E-state index >= 15 is 0 Å². The first-order valence-electron chi connectivity index (χ1n) is 12.6. The minimum atomic E-state index is -0.993. The van der Waals surface area contributed by atoms with Crippen LogP contribution in [0.4, 0.5) is 10.5 Å². The standard InChI is InChI=1S/C29H32Cl2N2O6/c1-2-37-27(28(34)35)17-21-9-11-25(12-10-21)39-16-14-33(29(36)32-24-7-4-3-5-8-24)13-6-15-38-26-19-22(30)18-23(31)20-26/h3-5,7-12,18-20,27H,2,6,13-17H2,1H3,(H,32,36)(H,34,35). The summed E-state index contributed by atoms with van der Waals surface area (Å²) in [5.41, 5.74) is 1.52. The number of nitrogens with zero attached hydrogens (tertiary/aromatic N) is 1. The number of nitrogens with one attached hydrogen (secondary N) is 1. The van der Waals surface area contributed by atoms with Gasteiger partial charge in [-0.3, -0.25) is 0 Å². The van der Waals surface area contributed by atoms with Crippen molar-refractivity contribution < 1.29 is 28.9 Å². The number of anilines is 1.